The van der Waals surface area contributed by atoms with Crippen molar-refractivity contribution in [3.63, 3.8) is 0 Å². The van der Waals surface area contributed by atoms with Crippen LogP contribution in [0.2, 0.25) is 0 Å². The monoisotopic (exact) mass is 368 g/mol. The summed E-state index contributed by atoms with van der Waals surface area (Å²) >= 11 is 0. The summed E-state index contributed by atoms with van der Waals surface area (Å²) in [6.45, 7) is 1.78. The molecule has 1 saturated heterocycles. The Morgan fingerprint density at radius 1 is 1.30 bits per heavy atom. The number of likely N-dealkylation sites (tertiary alicyclic amines) is 1. The maximum Gasteiger partial charge on any atom is 0.272 e. The summed E-state index contributed by atoms with van der Waals surface area (Å²) in [5.41, 5.74) is 7.39. The molecular formula is C19H24N6O2. The molecule has 3 rings (SSSR count). The molecule has 1 aliphatic heterocycles. The van der Waals surface area contributed by atoms with Crippen LogP contribution in [0, 0.1) is 0 Å². The van der Waals surface area contributed by atoms with Crippen molar-refractivity contribution < 1.29 is 9.59 Å². The van der Waals surface area contributed by atoms with Gasteiger partial charge in [-0.1, -0.05) is 0 Å². The third-order valence-electron chi connectivity index (χ3n) is 4.69. The van der Waals surface area contributed by atoms with Crippen LogP contribution >= 0.6 is 0 Å². The highest BCUT2D eigenvalue weighted by Gasteiger charge is 2.28. The van der Waals surface area contributed by atoms with E-state index in [2.05, 4.69) is 15.3 Å². The van der Waals surface area contributed by atoms with Crippen LogP contribution in [0.15, 0.2) is 42.9 Å². The SMILES string of the molecule is CN(CCC(=O)N1CCC(NC(=O)c2ncccc2N)C1)c1ccncc1. The zero-order valence-corrected chi connectivity index (χ0v) is 15.3. The number of pyridine rings is 2. The normalized spacial score (nSPS) is 16.2. The smallest absolute Gasteiger partial charge is 0.272 e. The number of aromatic nitrogens is 2. The second kappa shape index (κ2) is 8.48. The van der Waals surface area contributed by atoms with Crippen LogP contribution in [-0.2, 0) is 4.79 Å². The third-order valence-corrected chi connectivity index (χ3v) is 4.69. The van der Waals surface area contributed by atoms with Gasteiger partial charge in [0.05, 0.1) is 5.69 Å². The summed E-state index contributed by atoms with van der Waals surface area (Å²) in [5, 5.41) is 2.92. The Hall–Kier alpha value is -3.16. The predicted octanol–water partition coefficient (Wildman–Crippen LogP) is 0.916. The fraction of sp³-hybridized carbons (Fsp3) is 0.368. The average molecular weight is 368 g/mol. The van der Waals surface area contributed by atoms with Gasteiger partial charge in [-0.3, -0.25) is 14.6 Å². The van der Waals surface area contributed by atoms with Gasteiger partial charge in [0, 0.05) is 63.4 Å². The van der Waals surface area contributed by atoms with Gasteiger partial charge in [-0.2, -0.15) is 0 Å². The summed E-state index contributed by atoms with van der Waals surface area (Å²) < 4.78 is 0. The lowest BCUT2D eigenvalue weighted by molar-refractivity contribution is -0.130. The number of nitrogens with two attached hydrogens (primary N) is 1. The Balaban J connectivity index is 1.47. The summed E-state index contributed by atoms with van der Waals surface area (Å²) in [5.74, 6) is -0.213. The lowest BCUT2D eigenvalue weighted by Gasteiger charge is -2.21. The Morgan fingerprint density at radius 2 is 2.07 bits per heavy atom. The van der Waals surface area contributed by atoms with Gasteiger partial charge in [0.2, 0.25) is 5.91 Å². The van der Waals surface area contributed by atoms with Gasteiger partial charge in [-0.25, -0.2) is 4.98 Å². The van der Waals surface area contributed by atoms with E-state index in [1.54, 1.807) is 29.4 Å². The Labute approximate surface area is 158 Å². The van der Waals surface area contributed by atoms with Crippen molar-refractivity contribution in [2.45, 2.75) is 18.9 Å². The van der Waals surface area contributed by atoms with Crippen LogP contribution in [0.4, 0.5) is 11.4 Å². The average Bonchev–Trinajstić information content (AvgIpc) is 3.15. The first kappa shape index (κ1) is 18.6. The number of anilines is 2. The molecule has 2 amide bonds. The quantitative estimate of drug-likeness (QED) is 0.786. The lowest BCUT2D eigenvalue weighted by atomic mass is 10.2. The third kappa shape index (κ3) is 4.72. The Kier molecular flexibility index (Phi) is 5.85. The van der Waals surface area contributed by atoms with Crippen molar-refractivity contribution >= 4 is 23.2 Å². The fourth-order valence-corrected chi connectivity index (χ4v) is 3.11. The number of nitrogens with zero attached hydrogens (tertiary/aromatic N) is 4. The molecule has 0 aliphatic carbocycles. The van der Waals surface area contributed by atoms with E-state index in [-0.39, 0.29) is 23.6 Å². The molecule has 2 aromatic heterocycles. The fourth-order valence-electron chi connectivity index (χ4n) is 3.11. The summed E-state index contributed by atoms with van der Waals surface area (Å²) in [4.78, 5) is 36.6. The van der Waals surface area contributed by atoms with E-state index in [0.29, 0.717) is 31.7 Å². The van der Waals surface area contributed by atoms with Crippen LogP contribution in [0.3, 0.4) is 0 Å². The molecule has 0 spiro atoms. The van der Waals surface area contributed by atoms with Gasteiger partial charge < -0.3 is 20.9 Å². The second-order valence-corrected chi connectivity index (χ2v) is 6.62. The summed E-state index contributed by atoms with van der Waals surface area (Å²) in [6.07, 6.45) is 6.15. The molecule has 8 heteroatoms. The molecule has 0 bridgehead atoms. The number of carbonyl (C=O) groups excluding carboxylic acids is 2. The molecule has 3 N–H and O–H groups in total. The van der Waals surface area contributed by atoms with E-state index in [1.807, 2.05) is 24.1 Å². The number of rotatable bonds is 6. The molecule has 142 valence electrons. The van der Waals surface area contributed by atoms with Crippen LogP contribution in [0.5, 0.6) is 0 Å². The van der Waals surface area contributed by atoms with Crippen LogP contribution < -0.4 is 16.0 Å². The minimum absolute atomic E-state index is 0.0826. The van der Waals surface area contributed by atoms with E-state index in [4.69, 9.17) is 5.73 Å². The molecule has 2 aromatic rings. The van der Waals surface area contributed by atoms with E-state index in [9.17, 15) is 9.59 Å². The zero-order chi connectivity index (χ0) is 19.2. The Bertz CT molecular complexity index is 798. The van der Waals surface area contributed by atoms with Crippen molar-refractivity contribution in [3.8, 4) is 0 Å². The van der Waals surface area contributed by atoms with Crippen molar-refractivity contribution in [1.29, 1.82) is 0 Å². The largest absolute Gasteiger partial charge is 0.397 e. The van der Waals surface area contributed by atoms with Gasteiger partial charge in [0.25, 0.3) is 5.91 Å². The van der Waals surface area contributed by atoms with Crippen molar-refractivity contribution in [2.75, 3.05) is 37.3 Å². The number of nitrogen functional groups attached to an aromatic ring is 1. The second-order valence-electron chi connectivity index (χ2n) is 6.62. The lowest BCUT2D eigenvalue weighted by Crippen LogP contribution is -2.39. The van der Waals surface area contributed by atoms with Gasteiger partial charge in [-0.05, 0) is 30.7 Å². The molecule has 8 nitrogen and oxygen atoms in total. The van der Waals surface area contributed by atoms with Crippen LogP contribution in [-0.4, -0.2) is 59.4 Å². The molecule has 1 unspecified atom stereocenters. The predicted molar refractivity (Wildman–Crippen MR) is 103 cm³/mol. The topological polar surface area (TPSA) is 104 Å². The van der Waals surface area contributed by atoms with Gasteiger partial charge in [-0.15, -0.1) is 0 Å². The van der Waals surface area contributed by atoms with E-state index in [1.165, 1.54) is 6.20 Å². The summed E-state index contributed by atoms with van der Waals surface area (Å²) in [6, 6.07) is 7.07. The molecule has 3 heterocycles. The first-order valence-electron chi connectivity index (χ1n) is 8.95. The molecule has 0 aromatic carbocycles. The standard InChI is InChI=1S/C19H24N6O2/c1-24(15-4-9-21-10-5-15)11-7-17(26)25-12-6-14(13-25)23-19(27)18-16(20)3-2-8-22-18/h2-5,8-10,14H,6-7,11-13,20H2,1H3,(H,23,27). The minimum Gasteiger partial charge on any atom is -0.397 e. The first-order valence-corrected chi connectivity index (χ1v) is 8.95. The van der Waals surface area contributed by atoms with Gasteiger partial charge >= 0.3 is 0 Å². The van der Waals surface area contributed by atoms with Crippen molar-refractivity contribution in [2.24, 2.45) is 0 Å². The highest BCUT2D eigenvalue weighted by molar-refractivity contribution is 5.97. The van der Waals surface area contributed by atoms with Gasteiger partial charge in [0.15, 0.2) is 5.69 Å². The molecular weight excluding hydrogens is 344 g/mol. The molecule has 1 atom stereocenters. The minimum atomic E-state index is -0.301. The molecule has 1 fully saturated rings. The Morgan fingerprint density at radius 3 is 2.81 bits per heavy atom. The number of nitrogens with one attached hydrogen (secondary N) is 1. The van der Waals surface area contributed by atoms with Crippen molar-refractivity contribution in [3.05, 3.63) is 48.5 Å². The van der Waals surface area contributed by atoms with E-state index < -0.39 is 0 Å². The van der Waals surface area contributed by atoms with E-state index >= 15 is 0 Å². The van der Waals surface area contributed by atoms with Gasteiger partial charge in [0.1, 0.15) is 0 Å². The molecule has 0 saturated carbocycles. The number of hydrogen-bond donors (Lipinski definition) is 2. The highest BCUT2D eigenvalue weighted by atomic mass is 16.2. The highest BCUT2D eigenvalue weighted by Crippen LogP contribution is 2.15. The molecule has 27 heavy (non-hydrogen) atoms. The molecule has 1 aliphatic rings. The maximum absolute atomic E-state index is 12.5. The zero-order valence-electron chi connectivity index (χ0n) is 15.3. The summed E-state index contributed by atoms with van der Waals surface area (Å²) in [7, 11) is 1.95. The van der Waals surface area contributed by atoms with Crippen molar-refractivity contribution in [1.82, 2.24) is 20.2 Å². The number of carbonyl (C=O) groups is 2. The first-order chi connectivity index (χ1) is 13.0. The van der Waals surface area contributed by atoms with Crippen LogP contribution in [0.1, 0.15) is 23.3 Å². The van der Waals surface area contributed by atoms with E-state index in [0.717, 1.165) is 12.1 Å². The molecule has 0 radical (unpaired) electrons. The number of amides is 2. The van der Waals surface area contributed by atoms with Crippen LogP contribution in [0.25, 0.3) is 0 Å². The number of hydrogen-bond acceptors (Lipinski definition) is 6. The maximum atomic E-state index is 12.5.